The average Bonchev–Trinajstić information content (AvgIpc) is 2.65. The minimum absolute atomic E-state index is 0.0542. The number of hydrogen-bond donors (Lipinski definition) is 1. The molecular formula is C20H24N2O3. The summed E-state index contributed by atoms with van der Waals surface area (Å²) in [5.41, 5.74) is 1.77. The highest BCUT2D eigenvalue weighted by Crippen LogP contribution is 2.26. The Hall–Kier alpha value is -2.66. The van der Waals surface area contributed by atoms with Gasteiger partial charge >= 0.3 is 5.97 Å². The number of carbonyl (C=O) groups excluding carboxylic acids is 2. The summed E-state index contributed by atoms with van der Waals surface area (Å²) in [6, 6.07) is 18.5. The maximum Gasteiger partial charge on any atom is 0.324 e. The van der Waals surface area contributed by atoms with Crippen LogP contribution in [0.15, 0.2) is 60.7 Å². The summed E-state index contributed by atoms with van der Waals surface area (Å²) < 4.78 is 5.78. The van der Waals surface area contributed by atoms with Gasteiger partial charge in [-0.05, 0) is 18.2 Å². The highest BCUT2D eigenvalue weighted by molar-refractivity contribution is 5.85. The summed E-state index contributed by atoms with van der Waals surface area (Å²) in [7, 11) is 4.98. The molecular weight excluding hydrogens is 316 g/mol. The van der Waals surface area contributed by atoms with Crippen LogP contribution < -0.4 is 5.32 Å². The van der Waals surface area contributed by atoms with Crippen LogP contribution in [0.4, 0.5) is 0 Å². The molecule has 0 aliphatic heterocycles. The molecule has 5 nitrogen and oxygen atoms in total. The van der Waals surface area contributed by atoms with Gasteiger partial charge in [0.05, 0.1) is 6.42 Å². The standard InChI is InChI=1S/C20H24N2O3/c1-21-17(14-18(23)22(2)3)20(24)25-19(15-10-6-4-7-11-15)16-12-8-5-9-13-16/h4-13,17,19,21H,14H2,1-3H3. The molecule has 0 aliphatic rings. The number of benzene rings is 2. The molecule has 0 saturated heterocycles. The van der Waals surface area contributed by atoms with E-state index in [0.29, 0.717) is 0 Å². The lowest BCUT2D eigenvalue weighted by Gasteiger charge is -2.23. The Morgan fingerprint density at radius 1 is 0.960 bits per heavy atom. The molecule has 0 bridgehead atoms. The predicted molar refractivity (Wildman–Crippen MR) is 97.0 cm³/mol. The van der Waals surface area contributed by atoms with Crippen molar-refractivity contribution in [3.05, 3.63) is 71.8 Å². The van der Waals surface area contributed by atoms with E-state index >= 15 is 0 Å². The van der Waals surface area contributed by atoms with Crippen molar-refractivity contribution in [3.63, 3.8) is 0 Å². The summed E-state index contributed by atoms with van der Waals surface area (Å²) in [4.78, 5) is 26.0. The maximum absolute atomic E-state index is 12.6. The van der Waals surface area contributed by atoms with Crippen LogP contribution in [0.2, 0.25) is 0 Å². The Kier molecular flexibility index (Phi) is 6.71. The second-order valence-electron chi connectivity index (χ2n) is 5.97. The smallest absolute Gasteiger partial charge is 0.324 e. The van der Waals surface area contributed by atoms with Crippen LogP contribution in [-0.4, -0.2) is 44.0 Å². The molecule has 0 aliphatic carbocycles. The van der Waals surface area contributed by atoms with Crippen molar-refractivity contribution in [2.45, 2.75) is 18.6 Å². The molecule has 132 valence electrons. The van der Waals surface area contributed by atoms with Crippen LogP contribution in [0.25, 0.3) is 0 Å². The van der Waals surface area contributed by atoms with Gasteiger partial charge < -0.3 is 15.0 Å². The molecule has 0 saturated carbocycles. The topological polar surface area (TPSA) is 58.6 Å². The largest absolute Gasteiger partial charge is 0.451 e. The van der Waals surface area contributed by atoms with Gasteiger partial charge in [0.2, 0.25) is 5.91 Å². The van der Waals surface area contributed by atoms with E-state index in [2.05, 4.69) is 5.32 Å². The normalized spacial score (nSPS) is 11.8. The lowest BCUT2D eigenvalue weighted by Crippen LogP contribution is -2.40. The molecule has 2 rings (SSSR count). The first-order chi connectivity index (χ1) is 12.0. The van der Waals surface area contributed by atoms with Crippen molar-refractivity contribution in [2.75, 3.05) is 21.1 Å². The number of ether oxygens (including phenoxy) is 1. The van der Waals surface area contributed by atoms with E-state index in [9.17, 15) is 9.59 Å². The summed E-state index contributed by atoms with van der Waals surface area (Å²) >= 11 is 0. The Bertz CT molecular complexity index is 647. The number of carbonyl (C=O) groups is 2. The summed E-state index contributed by atoms with van der Waals surface area (Å²) in [5, 5.41) is 2.87. The number of amides is 1. The fraction of sp³-hybridized carbons (Fsp3) is 0.300. The third-order valence-corrected chi connectivity index (χ3v) is 3.95. The summed E-state index contributed by atoms with van der Waals surface area (Å²) in [5.74, 6) is -0.581. The van der Waals surface area contributed by atoms with Crippen LogP contribution >= 0.6 is 0 Å². The molecule has 1 N–H and O–H groups in total. The van der Waals surface area contributed by atoms with Gasteiger partial charge in [-0.15, -0.1) is 0 Å². The quantitative estimate of drug-likeness (QED) is 0.786. The lowest BCUT2D eigenvalue weighted by molar-refractivity contribution is -0.152. The first-order valence-corrected chi connectivity index (χ1v) is 8.20. The molecule has 0 radical (unpaired) electrons. The number of esters is 1. The molecule has 2 aromatic carbocycles. The van der Waals surface area contributed by atoms with Crippen molar-refractivity contribution in [1.82, 2.24) is 10.2 Å². The number of likely N-dealkylation sites (N-methyl/N-ethyl adjacent to an activating group) is 1. The van der Waals surface area contributed by atoms with Gasteiger partial charge in [-0.2, -0.15) is 0 Å². The zero-order chi connectivity index (χ0) is 18.2. The van der Waals surface area contributed by atoms with Gasteiger partial charge in [-0.3, -0.25) is 9.59 Å². The summed E-state index contributed by atoms with van der Waals surface area (Å²) in [6.07, 6.45) is -0.459. The van der Waals surface area contributed by atoms with E-state index in [4.69, 9.17) is 4.74 Å². The average molecular weight is 340 g/mol. The molecule has 0 spiro atoms. The lowest BCUT2D eigenvalue weighted by atomic mass is 10.0. The van der Waals surface area contributed by atoms with E-state index in [1.54, 1.807) is 21.1 Å². The van der Waals surface area contributed by atoms with E-state index in [1.807, 2.05) is 60.7 Å². The van der Waals surface area contributed by atoms with Gasteiger partial charge in [-0.25, -0.2) is 0 Å². The zero-order valence-electron chi connectivity index (χ0n) is 14.8. The fourth-order valence-electron chi connectivity index (χ4n) is 2.44. The highest BCUT2D eigenvalue weighted by Gasteiger charge is 2.26. The Labute approximate surface area is 148 Å². The number of rotatable bonds is 7. The SMILES string of the molecule is CNC(CC(=O)N(C)C)C(=O)OC(c1ccccc1)c1ccccc1. The fourth-order valence-corrected chi connectivity index (χ4v) is 2.44. The van der Waals surface area contributed by atoms with Crippen LogP contribution in [0.5, 0.6) is 0 Å². The Balaban J connectivity index is 2.21. The molecule has 0 heterocycles. The molecule has 0 aromatic heterocycles. The van der Waals surface area contributed by atoms with E-state index < -0.39 is 18.1 Å². The molecule has 5 heteroatoms. The van der Waals surface area contributed by atoms with Crippen LogP contribution in [-0.2, 0) is 14.3 Å². The third-order valence-electron chi connectivity index (χ3n) is 3.95. The molecule has 1 unspecified atom stereocenters. The minimum atomic E-state index is -0.690. The second kappa shape index (κ2) is 8.99. The summed E-state index contributed by atoms with van der Waals surface area (Å²) in [6.45, 7) is 0. The molecule has 2 aromatic rings. The van der Waals surface area contributed by atoms with Gasteiger partial charge in [0.1, 0.15) is 6.04 Å². The van der Waals surface area contributed by atoms with Gasteiger partial charge in [0.25, 0.3) is 0 Å². The van der Waals surface area contributed by atoms with Crippen molar-refractivity contribution >= 4 is 11.9 Å². The van der Waals surface area contributed by atoms with Crippen molar-refractivity contribution in [3.8, 4) is 0 Å². The van der Waals surface area contributed by atoms with Crippen LogP contribution in [0.3, 0.4) is 0 Å². The first-order valence-electron chi connectivity index (χ1n) is 8.20. The van der Waals surface area contributed by atoms with Crippen LogP contribution in [0, 0.1) is 0 Å². The highest BCUT2D eigenvalue weighted by atomic mass is 16.5. The van der Waals surface area contributed by atoms with Crippen molar-refractivity contribution < 1.29 is 14.3 Å². The second-order valence-corrected chi connectivity index (χ2v) is 5.97. The van der Waals surface area contributed by atoms with E-state index in [-0.39, 0.29) is 12.3 Å². The van der Waals surface area contributed by atoms with Gasteiger partial charge in [0.15, 0.2) is 6.10 Å². The molecule has 25 heavy (non-hydrogen) atoms. The molecule has 1 atom stereocenters. The minimum Gasteiger partial charge on any atom is -0.451 e. The van der Waals surface area contributed by atoms with Crippen LogP contribution in [0.1, 0.15) is 23.7 Å². The van der Waals surface area contributed by atoms with Gasteiger partial charge in [0, 0.05) is 14.1 Å². The van der Waals surface area contributed by atoms with E-state index in [0.717, 1.165) is 11.1 Å². The van der Waals surface area contributed by atoms with Gasteiger partial charge in [-0.1, -0.05) is 60.7 Å². The Morgan fingerprint density at radius 2 is 1.44 bits per heavy atom. The molecule has 0 fully saturated rings. The van der Waals surface area contributed by atoms with E-state index in [1.165, 1.54) is 4.90 Å². The number of hydrogen-bond acceptors (Lipinski definition) is 4. The van der Waals surface area contributed by atoms with Crippen molar-refractivity contribution in [2.24, 2.45) is 0 Å². The molecule has 1 amide bonds. The van der Waals surface area contributed by atoms with Crippen molar-refractivity contribution in [1.29, 1.82) is 0 Å². The third kappa shape index (κ3) is 5.16. The first kappa shape index (κ1) is 18.7. The number of nitrogens with one attached hydrogen (secondary N) is 1. The Morgan fingerprint density at radius 3 is 1.84 bits per heavy atom. The predicted octanol–water partition coefficient (Wildman–Crippen LogP) is 2.39. The zero-order valence-corrected chi connectivity index (χ0v) is 14.8. The monoisotopic (exact) mass is 340 g/mol. The maximum atomic E-state index is 12.6. The number of nitrogens with zero attached hydrogens (tertiary/aromatic N) is 1.